The maximum Gasteiger partial charge on any atom is 0.272 e. The molecule has 1 unspecified atom stereocenters. The van der Waals surface area contributed by atoms with Crippen molar-refractivity contribution in [3.8, 4) is 0 Å². The highest BCUT2D eigenvalue weighted by Gasteiger charge is 2.24. The lowest BCUT2D eigenvalue weighted by molar-refractivity contribution is -0.116. The molecule has 0 radical (unpaired) electrons. The molecular formula is C39H34ClN3O3S. The largest absolute Gasteiger partial charge is 0.324 e. The fraction of sp³-hybridized carbons (Fsp3) is 0.103. The molecule has 1 atom stereocenters. The van der Waals surface area contributed by atoms with E-state index in [1.165, 1.54) is 11.8 Å². The minimum absolute atomic E-state index is 0.0245. The van der Waals surface area contributed by atoms with E-state index in [2.05, 4.69) is 22.9 Å². The van der Waals surface area contributed by atoms with Crippen LogP contribution in [-0.4, -0.2) is 17.7 Å². The molecule has 0 saturated carbocycles. The van der Waals surface area contributed by atoms with Gasteiger partial charge in [-0.2, -0.15) is 0 Å². The summed E-state index contributed by atoms with van der Waals surface area (Å²) in [6.45, 7) is 4.05. The van der Waals surface area contributed by atoms with Crippen molar-refractivity contribution in [3.05, 3.63) is 166 Å². The van der Waals surface area contributed by atoms with Crippen LogP contribution >= 0.6 is 23.4 Å². The molecule has 0 aliphatic carbocycles. The first-order valence-corrected chi connectivity index (χ1v) is 16.4. The van der Waals surface area contributed by atoms with Crippen molar-refractivity contribution < 1.29 is 14.4 Å². The van der Waals surface area contributed by atoms with Crippen LogP contribution in [-0.2, 0) is 16.0 Å². The van der Waals surface area contributed by atoms with E-state index in [-0.39, 0.29) is 11.6 Å². The summed E-state index contributed by atoms with van der Waals surface area (Å²) in [5.41, 5.74) is 5.26. The first-order valence-electron chi connectivity index (χ1n) is 15.2. The third-order valence-electron chi connectivity index (χ3n) is 7.41. The topological polar surface area (TPSA) is 87.3 Å². The Balaban J connectivity index is 1.40. The van der Waals surface area contributed by atoms with Crippen LogP contribution in [0.15, 0.2) is 138 Å². The number of nitrogens with one attached hydrogen (secondary N) is 3. The van der Waals surface area contributed by atoms with E-state index in [4.69, 9.17) is 11.6 Å². The average Bonchev–Trinajstić information content (AvgIpc) is 3.09. The van der Waals surface area contributed by atoms with Crippen LogP contribution in [0.2, 0.25) is 5.02 Å². The second kappa shape index (κ2) is 15.9. The van der Waals surface area contributed by atoms with Gasteiger partial charge in [0, 0.05) is 26.9 Å². The number of anilines is 2. The van der Waals surface area contributed by atoms with Crippen LogP contribution in [0.5, 0.6) is 0 Å². The predicted octanol–water partition coefficient (Wildman–Crippen LogP) is 9.09. The van der Waals surface area contributed by atoms with Gasteiger partial charge in [0.25, 0.3) is 11.8 Å². The monoisotopic (exact) mass is 659 g/mol. The van der Waals surface area contributed by atoms with Crippen molar-refractivity contribution in [2.24, 2.45) is 0 Å². The van der Waals surface area contributed by atoms with Crippen LogP contribution < -0.4 is 16.0 Å². The number of benzene rings is 5. The molecule has 5 aromatic carbocycles. The SMILES string of the molecule is CCc1cccc(C)c1NC(=O)C(Sc1cccc(NC(=O)/C(=C\c2ccccc2Cl)NC(=O)c2ccccc2)c1)c1ccccc1. The lowest BCUT2D eigenvalue weighted by Crippen LogP contribution is -2.30. The first-order chi connectivity index (χ1) is 22.8. The van der Waals surface area contributed by atoms with E-state index in [1.807, 2.05) is 79.7 Å². The molecule has 3 amide bonds. The van der Waals surface area contributed by atoms with Crippen molar-refractivity contribution in [1.82, 2.24) is 5.32 Å². The quantitative estimate of drug-likeness (QED) is 0.0975. The van der Waals surface area contributed by atoms with Crippen LogP contribution in [0.25, 0.3) is 6.08 Å². The Morgan fingerprint density at radius 3 is 2.19 bits per heavy atom. The van der Waals surface area contributed by atoms with Crippen molar-refractivity contribution in [2.45, 2.75) is 30.4 Å². The summed E-state index contributed by atoms with van der Waals surface area (Å²) < 4.78 is 0. The molecule has 8 heteroatoms. The number of aryl methyl sites for hydroxylation is 2. The molecule has 5 aromatic rings. The zero-order chi connectivity index (χ0) is 33.2. The molecule has 0 spiro atoms. The molecule has 0 fully saturated rings. The van der Waals surface area contributed by atoms with Gasteiger partial charge >= 0.3 is 0 Å². The lowest BCUT2D eigenvalue weighted by atomic mass is 10.1. The standard InChI is InChI=1S/C39H34ClN3O3S/c1-3-27-20-12-14-26(2)35(27)43-39(46)36(28-15-6-4-7-16-28)47-32-22-13-21-31(25-32)41-38(45)34(24-30-19-10-11-23-33(30)40)42-37(44)29-17-8-5-9-18-29/h4-25,36H,3H2,1-2H3,(H,41,45)(H,42,44)(H,43,46)/b34-24+. The smallest absolute Gasteiger partial charge is 0.272 e. The molecule has 0 bridgehead atoms. The molecule has 0 aromatic heterocycles. The second-order valence-electron chi connectivity index (χ2n) is 10.7. The second-order valence-corrected chi connectivity index (χ2v) is 12.3. The van der Waals surface area contributed by atoms with E-state index >= 15 is 0 Å². The van der Waals surface area contributed by atoms with Gasteiger partial charge in [-0.1, -0.05) is 110 Å². The Morgan fingerprint density at radius 2 is 1.47 bits per heavy atom. The summed E-state index contributed by atoms with van der Waals surface area (Å²) in [6.07, 6.45) is 2.34. The summed E-state index contributed by atoms with van der Waals surface area (Å²) in [7, 11) is 0. The van der Waals surface area contributed by atoms with Gasteiger partial charge in [-0.05, 0) is 78.1 Å². The van der Waals surface area contributed by atoms with E-state index in [0.717, 1.165) is 33.7 Å². The molecule has 3 N–H and O–H groups in total. The highest BCUT2D eigenvalue weighted by Crippen LogP contribution is 2.38. The molecular weight excluding hydrogens is 626 g/mol. The first kappa shape index (κ1) is 33.3. The minimum atomic E-state index is -0.563. The number of carbonyl (C=O) groups excluding carboxylic acids is 3. The number of hydrogen-bond acceptors (Lipinski definition) is 4. The predicted molar refractivity (Wildman–Crippen MR) is 193 cm³/mol. The molecule has 0 aliphatic heterocycles. The molecule has 6 nitrogen and oxygen atoms in total. The summed E-state index contributed by atoms with van der Waals surface area (Å²) >= 11 is 7.77. The number of rotatable bonds is 11. The normalized spacial score (nSPS) is 11.8. The van der Waals surface area contributed by atoms with Crippen LogP contribution in [0.4, 0.5) is 11.4 Å². The molecule has 0 heterocycles. The van der Waals surface area contributed by atoms with Gasteiger partial charge in [0.2, 0.25) is 5.91 Å². The Morgan fingerprint density at radius 1 is 0.787 bits per heavy atom. The van der Waals surface area contributed by atoms with Gasteiger partial charge in [-0.15, -0.1) is 11.8 Å². The van der Waals surface area contributed by atoms with Crippen LogP contribution in [0.3, 0.4) is 0 Å². The molecule has 236 valence electrons. The van der Waals surface area contributed by atoms with Crippen molar-refractivity contribution in [1.29, 1.82) is 0 Å². The number of para-hydroxylation sites is 1. The molecule has 5 rings (SSSR count). The van der Waals surface area contributed by atoms with Crippen LogP contribution in [0.1, 0.15) is 44.8 Å². The van der Waals surface area contributed by atoms with Gasteiger partial charge < -0.3 is 16.0 Å². The van der Waals surface area contributed by atoms with Crippen molar-refractivity contribution in [2.75, 3.05) is 10.6 Å². The third kappa shape index (κ3) is 8.79. The molecule has 0 saturated heterocycles. The van der Waals surface area contributed by atoms with Gasteiger partial charge in [0.1, 0.15) is 10.9 Å². The van der Waals surface area contributed by atoms with E-state index in [9.17, 15) is 14.4 Å². The fourth-order valence-corrected chi connectivity index (χ4v) is 6.24. The molecule has 47 heavy (non-hydrogen) atoms. The van der Waals surface area contributed by atoms with Crippen molar-refractivity contribution >= 4 is 58.5 Å². The summed E-state index contributed by atoms with van der Waals surface area (Å²) in [4.78, 5) is 41.3. The van der Waals surface area contributed by atoms with Gasteiger partial charge in [-0.25, -0.2) is 0 Å². The number of hydrogen-bond donors (Lipinski definition) is 3. The Kier molecular flexibility index (Phi) is 11.3. The summed E-state index contributed by atoms with van der Waals surface area (Å²) in [5, 5.41) is 8.70. The van der Waals surface area contributed by atoms with Crippen molar-refractivity contribution in [3.63, 3.8) is 0 Å². The lowest BCUT2D eigenvalue weighted by Gasteiger charge is -2.20. The van der Waals surface area contributed by atoms with Gasteiger partial charge in [0.05, 0.1) is 0 Å². The summed E-state index contributed by atoms with van der Waals surface area (Å²) in [6, 6.07) is 38.6. The Bertz CT molecular complexity index is 1910. The molecule has 0 aliphatic rings. The third-order valence-corrected chi connectivity index (χ3v) is 9.00. The Labute approximate surface area is 284 Å². The highest BCUT2D eigenvalue weighted by atomic mass is 35.5. The number of carbonyl (C=O) groups is 3. The van der Waals surface area contributed by atoms with Gasteiger partial charge in [0.15, 0.2) is 0 Å². The zero-order valence-electron chi connectivity index (χ0n) is 26.0. The zero-order valence-corrected chi connectivity index (χ0v) is 27.6. The van der Waals surface area contributed by atoms with E-state index in [0.29, 0.717) is 21.8 Å². The van der Waals surface area contributed by atoms with E-state index in [1.54, 1.807) is 60.7 Å². The summed E-state index contributed by atoms with van der Waals surface area (Å²) in [5.74, 6) is -1.10. The van der Waals surface area contributed by atoms with Gasteiger partial charge in [-0.3, -0.25) is 14.4 Å². The minimum Gasteiger partial charge on any atom is -0.324 e. The number of thioether (sulfide) groups is 1. The maximum atomic E-state index is 13.9. The number of halogens is 1. The Hall–Kier alpha value is -5.11. The maximum absolute atomic E-state index is 13.9. The van der Waals surface area contributed by atoms with E-state index < -0.39 is 17.1 Å². The van der Waals surface area contributed by atoms with Crippen LogP contribution in [0, 0.1) is 6.92 Å². The number of amides is 3. The highest BCUT2D eigenvalue weighted by molar-refractivity contribution is 8.00. The fourth-order valence-electron chi connectivity index (χ4n) is 4.96. The average molecular weight is 660 g/mol.